The second-order valence-corrected chi connectivity index (χ2v) is 38.7. The molecule has 21 rings (SSSR count). The van der Waals surface area contributed by atoms with Crippen LogP contribution in [0.5, 0.6) is 23.8 Å². The second-order valence-electron chi connectivity index (χ2n) is 38.3. The van der Waals surface area contributed by atoms with Gasteiger partial charge >= 0.3 is 18.0 Å². The maximum Gasteiger partial charge on any atom is 0.319 e. The van der Waals surface area contributed by atoms with E-state index in [0.717, 1.165) is 28.4 Å². The Labute approximate surface area is 789 Å². The third kappa shape index (κ3) is 15.3. The van der Waals surface area contributed by atoms with Crippen molar-refractivity contribution < 1.29 is 82.0 Å². The molecule has 6 aromatic carbocycles. The fourth-order valence-electron chi connectivity index (χ4n) is 23.7. The quantitative estimate of drug-likeness (QED) is 0.0413. The lowest BCUT2D eigenvalue weighted by Gasteiger charge is -2.40. The molecule has 0 saturated carbocycles. The number of fused-ring (bicyclic) bond motifs is 9. The number of aromatic hydroxyl groups is 1. The molecule has 15 heterocycles. The van der Waals surface area contributed by atoms with Crippen LogP contribution >= 0.6 is 11.6 Å². The summed E-state index contributed by atoms with van der Waals surface area (Å²) in [4.78, 5) is 95.3. The van der Waals surface area contributed by atoms with E-state index in [1.165, 1.54) is 62.1 Å². The number of ether oxygens (including phenoxy) is 3. The lowest BCUT2D eigenvalue weighted by atomic mass is 9.88. The van der Waals surface area contributed by atoms with E-state index in [0.29, 0.717) is 66.9 Å². The number of hydrogen-bond donors (Lipinski definition) is 1. The van der Waals surface area contributed by atoms with Gasteiger partial charge in [0.2, 0.25) is 17.7 Å². The summed E-state index contributed by atoms with van der Waals surface area (Å²) in [5, 5.41) is 13.9. The number of benzene rings is 6. The monoisotopic (exact) mass is 1920 g/mol. The van der Waals surface area contributed by atoms with E-state index in [-0.39, 0.29) is 238 Å². The molecule has 6 aromatic heterocycles. The molecule has 0 radical (unpaired) electrons. The van der Waals surface area contributed by atoms with Gasteiger partial charge in [0, 0.05) is 174 Å². The third-order valence-corrected chi connectivity index (χ3v) is 30.7. The van der Waals surface area contributed by atoms with Crippen molar-refractivity contribution in [1.82, 2.24) is 74.3 Å². The molecule has 3 amide bonds. The highest BCUT2D eigenvalue weighted by Gasteiger charge is 2.58. The SMILES string of the molecule is C=CC(=O)N1CC(CN(C)c2nc(OC[C@@]34CCCN3C[C@H](F)C4)nc3c(F)c(-c4cccc5c(C6CC[C@@]7(COc8nc(N(C)[C@@H]9CCN(C(=O)C=C)C9)c9cnc(-c%10cc(O)cc%11c(C%12CC[C@@]%13(COc%14nc(N(C)[C@H]%15CN(C(=O)C=C)CC%15(F)F)c%15cnc(-c%16cccc%17cccc(Cl)c%16%17)c(F)c%15n%14)C[C@@H](F)CN%12%13)cc(F)c(CC)c%10%11)c(F)c9n8)C[C@@H](F)CN67)cc(F)c(F)c45)ncc23)C1. The molecule has 25 nitrogen and oxygen atoms in total. The molecule has 2 unspecified atom stereocenters. The van der Waals surface area contributed by atoms with E-state index in [9.17, 15) is 19.5 Å². The van der Waals surface area contributed by atoms with Gasteiger partial charge in [-0.1, -0.05) is 86.8 Å². The largest absolute Gasteiger partial charge is 0.508 e. The number of likely N-dealkylation sites (N-methyl/N-ethyl adjacent to an activating group) is 2. The number of nitrogens with zero attached hydrogens (tertiary/aromatic N) is 18. The minimum absolute atomic E-state index is 0.00906. The Balaban J connectivity index is 0.605. The van der Waals surface area contributed by atoms with E-state index in [1.807, 2.05) is 9.80 Å². The Morgan fingerprint density at radius 3 is 1.62 bits per heavy atom. The highest BCUT2D eigenvalue weighted by Crippen LogP contribution is 2.56. The first kappa shape index (κ1) is 91.6. The minimum atomic E-state index is -3.53. The number of amides is 3. The molecule has 0 spiro atoms. The number of hydrogen-bond acceptors (Lipinski definition) is 22. The Morgan fingerprint density at radius 1 is 0.522 bits per heavy atom. The number of likely N-dealkylation sites (tertiary alicyclic amines) is 3. The fraction of sp³-hybridized carbons (Fsp3) is 0.406. The molecular weight excluding hydrogens is 1820 g/mol. The van der Waals surface area contributed by atoms with Crippen LogP contribution in [0.15, 0.2) is 135 Å². The van der Waals surface area contributed by atoms with Crippen molar-refractivity contribution in [3.63, 3.8) is 0 Å². The first-order valence-corrected chi connectivity index (χ1v) is 46.7. The molecule has 716 valence electrons. The number of carbonyl (C=O) groups is 3. The standard InChI is InChI=1S/C101H96ClF11N18O7/c1-8-59-71(106)32-64(74-23-27-100(36-56(105)45-131(74)100)51-138-97-119-91-69(94(122-97)125(7)75-47-128(78(135)11-4)48-101(75,112)113)39-115-86(83(91)109)61-19-12-16-53-17-13-21-70(102)79(53)61)65-30-58(132)31-66(80(59)65)88-85(111)90-68(38-116-88)93(124(6)57-24-29-126(46-57)76(133)9-2)121-96(118-90)137-50-99-26-22-73(130(99)44-55(104)35-99)63-33-72(107)82(108)81-60(63)18-14-20-62(81)87-84(110)89-67(37-114-87)92(123(5)40-52-41-127(42-52)77(134)10-3)120-95(117-89)136-49-98-25-15-28-129(98)43-54(103)34-98/h9-14,16-21,30-33,37-39,52,54-57,73-75,132H,2-4,8,15,22-29,34-36,40-51H2,1,5-7H3/t54-,55-,56-,57-,73?,74?,75+,98+,99+,100+/m1/s1. The number of anilines is 3. The van der Waals surface area contributed by atoms with Crippen LogP contribution in [0.3, 0.4) is 0 Å². The van der Waals surface area contributed by atoms with Crippen molar-refractivity contribution in [2.45, 2.75) is 143 Å². The Morgan fingerprint density at radius 2 is 1.03 bits per heavy atom. The first-order valence-electron chi connectivity index (χ1n) is 46.3. The second kappa shape index (κ2) is 35.0. The molecule has 12 aromatic rings. The summed E-state index contributed by atoms with van der Waals surface area (Å²) in [5.74, 6) is -11.5. The maximum absolute atomic E-state index is 18.9. The summed E-state index contributed by atoms with van der Waals surface area (Å²) in [6.45, 7) is 12.6. The summed E-state index contributed by atoms with van der Waals surface area (Å²) in [6, 6.07) is 15.0. The van der Waals surface area contributed by atoms with Gasteiger partial charge in [-0.05, 0) is 145 Å². The molecule has 9 fully saturated rings. The zero-order valence-corrected chi connectivity index (χ0v) is 76.6. The number of carbonyl (C=O) groups excluding carboxylic acids is 3. The first-order chi connectivity index (χ1) is 66.3. The van der Waals surface area contributed by atoms with E-state index in [1.54, 1.807) is 89.1 Å². The van der Waals surface area contributed by atoms with E-state index < -0.39 is 137 Å². The molecule has 0 bridgehead atoms. The van der Waals surface area contributed by atoms with E-state index in [4.69, 9.17) is 45.7 Å². The zero-order chi connectivity index (χ0) is 96.4. The number of pyridine rings is 3. The number of phenols is 1. The third-order valence-electron chi connectivity index (χ3n) is 30.4. The summed E-state index contributed by atoms with van der Waals surface area (Å²) in [6.07, 6.45) is 6.04. The van der Waals surface area contributed by atoms with Crippen LogP contribution in [0.25, 0.3) is 98.8 Å². The molecule has 0 aliphatic carbocycles. The van der Waals surface area contributed by atoms with E-state index >= 15 is 48.3 Å². The predicted molar refractivity (Wildman–Crippen MR) is 499 cm³/mol. The average molecular weight is 1920 g/mol. The molecule has 9 saturated heterocycles. The highest BCUT2D eigenvalue weighted by molar-refractivity contribution is 6.36. The summed E-state index contributed by atoms with van der Waals surface area (Å²) >= 11 is 6.76. The van der Waals surface area contributed by atoms with Gasteiger partial charge in [0.25, 0.3) is 5.92 Å². The number of phenolic OH excluding ortho intramolecular Hbond substituents is 1. The van der Waals surface area contributed by atoms with Crippen LogP contribution in [0.1, 0.15) is 99.9 Å². The Bertz CT molecular complexity index is 7090. The fourth-order valence-corrected chi connectivity index (χ4v) is 24.0. The van der Waals surface area contributed by atoms with Crippen molar-refractivity contribution in [2.75, 3.05) is 128 Å². The summed E-state index contributed by atoms with van der Waals surface area (Å²) in [7, 11) is 4.78. The van der Waals surface area contributed by atoms with Crippen LogP contribution in [0.2, 0.25) is 5.02 Å². The molecule has 9 aliphatic rings. The molecule has 10 atom stereocenters. The highest BCUT2D eigenvalue weighted by atomic mass is 35.5. The Hall–Kier alpha value is -12.8. The number of aryl methyl sites for hydroxylation is 1. The normalized spacial score (nSPS) is 24.2. The predicted octanol–water partition coefficient (Wildman–Crippen LogP) is 17.0. The summed E-state index contributed by atoms with van der Waals surface area (Å²) in [5.41, 5.74) is -4.29. The molecule has 37 heteroatoms. The number of rotatable bonds is 25. The van der Waals surface area contributed by atoms with Crippen LogP contribution in [-0.4, -0.2) is 263 Å². The number of halogens is 12. The van der Waals surface area contributed by atoms with Crippen molar-refractivity contribution in [3.8, 4) is 57.6 Å². The lowest BCUT2D eigenvalue weighted by molar-refractivity contribution is -0.131. The average Bonchev–Trinajstić information content (AvgIpc) is 1.40. The molecule has 138 heavy (non-hydrogen) atoms. The van der Waals surface area contributed by atoms with Gasteiger partial charge in [0.05, 0.1) is 39.3 Å². The van der Waals surface area contributed by atoms with Gasteiger partial charge in [-0.2, -0.15) is 29.9 Å². The van der Waals surface area contributed by atoms with Crippen LogP contribution < -0.4 is 28.9 Å². The Kier molecular flexibility index (Phi) is 23.2. The van der Waals surface area contributed by atoms with Gasteiger partial charge in [-0.15, -0.1) is 0 Å². The van der Waals surface area contributed by atoms with Gasteiger partial charge in [-0.25, -0.2) is 48.3 Å². The van der Waals surface area contributed by atoms with Crippen LogP contribution in [0, 0.1) is 40.8 Å². The van der Waals surface area contributed by atoms with Crippen molar-refractivity contribution in [2.24, 2.45) is 5.92 Å². The molecule has 1 N–H and O–H groups in total. The summed E-state index contributed by atoms with van der Waals surface area (Å²) < 4.78 is 207. The van der Waals surface area contributed by atoms with Crippen molar-refractivity contribution in [3.05, 3.63) is 192 Å². The van der Waals surface area contributed by atoms with Crippen molar-refractivity contribution in [1.29, 1.82) is 0 Å². The van der Waals surface area contributed by atoms with E-state index in [2.05, 4.69) is 49.6 Å². The van der Waals surface area contributed by atoms with Gasteiger partial charge in [0.15, 0.2) is 29.1 Å². The minimum Gasteiger partial charge on any atom is -0.508 e. The van der Waals surface area contributed by atoms with Gasteiger partial charge in [0.1, 0.15) is 107 Å². The molecule has 9 aliphatic heterocycles. The number of aromatic nitrogens is 9. The maximum atomic E-state index is 18.9. The van der Waals surface area contributed by atoms with Crippen LogP contribution in [0.4, 0.5) is 65.7 Å². The van der Waals surface area contributed by atoms with Gasteiger partial charge in [-0.3, -0.25) is 44.0 Å². The van der Waals surface area contributed by atoms with Crippen molar-refractivity contribution >= 4 is 112 Å². The van der Waals surface area contributed by atoms with Gasteiger partial charge < -0.3 is 48.7 Å². The topological polar surface area (TPSA) is 244 Å². The smallest absolute Gasteiger partial charge is 0.319 e. The van der Waals surface area contributed by atoms with Crippen LogP contribution in [-0.2, 0) is 20.8 Å². The molecular formula is C101H96ClF11N18O7. The number of alkyl halides is 5. The lowest BCUT2D eigenvalue weighted by Crippen LogP contribution is -2.53. The zero-order valence-electron chi connectivity index (χ0n) is 75.9.